The molecule has 94 valence electrons. The van der Waals surface area contributed by atoms with Gasteiger partial charge in [0, 0.05) is 16.0 Å². The summed E-state index contributed by atoms with van der Waals surface area (Å²) < 4.78 is 0. The second kappa shape index (κ2) is 6.24. The molecule has 2 aromatic carbocycles. The van der Waals surface area contributed by atoms with Crippen molar-refractivity contribution in [1.82, 2.24) is 0 Å². The third-order valence-corrected chi connectivity index (χ3v) is 3.45. The zero-order valence-corrected chi connectivity index (χ0v) is 11.5. The molecule has 0 saturated heterocycles. The third-order valence-electron chi connectivity index (χ3n) is 2.98. The van der Waals surface area contributed by atoms with E-state index in [0.29, 0.717) is 6.54 Å². The van der Waals surface area contributed by atoms with Crippen LogP contribution in [-0.2, 0) is 6.42 Å². The van der Waals surface area contributed by atoms with Crippen LogP contribution in [0.25, 0.3) is 0 Å². The van der Waals surface area contributed by atoms with E-state index in [2.05, 4.69) is 12.1 Å². The van der Waals surface area contributed by atoms with Crippen molar-refractivity contribution in [2.24, 2.45) is 5.73 Å². The molecular weight excluding hydrogens is 265 g/mol. The Bertz CT molecular complexity index is 525. The van der Waals surface area contributed by atoms with E-state index in [9.17, 15) is 0 Å². The molecule has 0 spiro atoms. The fourth-order valence-corrected chi connectivity index (χ4v) is 2.46. The first-order chi connectivity index (χ1) is 8.69. The highest BCUT2D eigenvalue weighted by Crippen LogP contribution is 2.23. The van der Waals surface area contributed by atoms with E-state index in [0.717, 1.165) is 16.5 Å². The topological polar surface area (TPSA) is 26.0 Å². The molecule has 0 aromatic heterocycles. The molecule has 0 aliphatic carbocycles. The van der Waals surface area contributed by atoms with E-state index in [1.165, 1.54) is 11.1 Å². The van der Waals surface area contributed by atoms with Crippen LogP contribution in [-0.4, -0.2) is 6.54 Å². The summed E-state index contributed by atoms with van der Waals surface area (Å²) in [6.07, 6.45) is 0.872. The summed E-state index contributed by atoms with van der Waals surface area (Å²) in [6.45, 7) is 0.590. The summed E-state index contributed by atoms with van der Waals surface area (Å²) >= 11 is 12.0. The fraction of sp³-hybridized carbons (Fsp3) is 0.200. The average molecular weight is 280 g/mol. The van der Waals surface area contributed by atoms with E-state index in [-0.39, 0.29) is 5.92 Å². The number of hydrogen-bond donors (Lipinski definition) is 1. The van der Waals surface area contributed by atoms with Crippen molar-refractivity contribution in [3.63, 3.8) is 0 Å². The molecule has 2 rings (SSSR count). The van der Waals surface area contributed by atoms with Gasteiger partial charge in [0.05, 0.1) is 0 Å². The maximum absolute atomic E-state index is 6.01. The van der Waals surface area contributed by atoms with Crippen LogP contribution in [0.5, 0.6) is 0 Å². The Hall–Kier alpha value is -1.02. The Morgan fingerprint density at radius 2 is 1.61 bits per heavy atom. The summed E-state index contributed by atoms with van der Waals surface area (Å²) in [5, 5.41) is 1.51. The molecule has 0 heterocycles. The lowest BCUT2D eigenvalue weighted by Crippen LogP contribution is -2.15. The summed E-state index contributed by atoms with van der Waals surface area (Å²) in [5.41, 5.74) is 8.23. The maximum atomic E-state index is 6.01. The molecule has 0 aliphatic heterocycles. The highest BCUT2D eigenvalue weighted by molar-refractivity contribution is 6.30. The van der Waals surface area contributed by atoms with Gasteiger partial charge in [-0.3, -0.25) is 0 Å². The van der Waals surface area contributed by atoms with E-state index < -0.39 is 0 Å². The van der Waals surface area contributed by atoms with Gasteiger partial charge >= 0.3 is 0 Å². The number of nitrogens with two attached hydrogens (primary N) is 1. The lowest BCUT2D eigenvalue weighted by Gasteiger charge is -2.15. The Labute approximate surface area is 118 Å². The minimum atomic E-state index is 0.266. The van der Waals surface area contributed by atoms with Crippen LogP contribution in [0.15, 0.2) is 48.5 Å². The predicted octanol–water partition coefficient (Wildman–Crippen LogP) is 4.28. The average Bonchev–Trinajstić information content (AvgIpc) is 2.36. The maximum Gasteiger partial charge on any atom is 0.0408 e. The zero-order chi connectivity index (χ0) is 13.0. The fourth-order valence-electron chi connectivity index (χ4n) is 2.05. The molecule has 0 aliphatic rings. The van der Waals surface area contributed by atoms with Crippen molar-refractivity contribution in [3.05, 3.63) is 69.7 Å². The second-order valence-electron chi connectivity index (χ2n) is 4.32. The van der Waals surface area contributed by atoms with Crippen LogP contribution in [0.4, 0.5) is 0 Å². The van der Waals surface area contributed by atoms with Gasteiger partial charge in [-0.05, 0) is 48.4 Å². The van der Waals surface area contributed by atoms with Gasteiger partial charge in [0.15, 0.2) is 0 Å². The Kier molecular flexibility index (Phi) is 4.65. The van der Waals surface area contributed by atoms with Crippen molar-refractivity contribution in [1.29, 1.82) is 0 Å². The van der Waals surface area contributed by atoms with Crippen LogP contribution >= 0.6 is 23.2 Å². The first-order valence-electron chi connectivity index (χ1n) is 5.89. The molecule has 3 heteroatoms. The monoisotopic (exact) mass is 279 g/mol. The number of hydrogen-bond acceptors (Lipinski definition) is 1. The van der Waals surface area contributed by atoms with Crippen molar-refractivity contribution in [2.45, 2.75) is 12.3 Å². The van der Waals surface area contributed by atoms with Crippen LogP contribution in [0.2, 0.25) is 10.0 Å². The van der Waals surface area contributed by atoms with Gasteiger partial charge in [-0.1, -0.05) is 47.5 Å². The number of halogens is 2. The van der Waals surface area contributed by atoms with E-state index in [1.54, 1.807) is 0 Å². The van der Waals surface area contributed by atoms with E-state index in [1.807, 2.05) is 36.4 Å². The van der Waals surface area contributed by atoms with Crippen molar-refractivity contribution >= 4 is 23.2 Å². The molecule has 18 heavy (non-hydrogen) atoms. The van der Waals surface area contributed by atoms with Gasteiger partial charge in [-0.2, -0.15) is 0 Å². The summed E-state index contributed by atoms with van der Waals surface area (Å²) in [7, 11) is 0. The Morgan fingerprint density at radius 3 is 2.22 bits per heavy atom. The molecule has 1 atom stereocenters. The van der Waals surface area contributed by atoms with Crippen molar-refractivity contribution in [2.75, 3.05) is 6.54 Å². The van der Waals surface area contributed by atoms with Gasteiger partial charge in [-0.25, -0.2) is 0 Å². The predicted molar refractivity (Wildman–Crippen MR) is 78.4 cm³/mol. The van der Waals surface area contributed by atoms with Crippen LogP contribution < -0.4 is 5.73 Å². The Balaban J connectivity index is 2.19. The van der Waals surface area contributed by atoms with Gasteiger partial charge in [-0.15, -0.1) is 0 Å². The second-order valence-corrected chi connectivity index (χ2v) is 5.19. The SMILES string of the molecule is NCC(Cc1cccc(Cl)c1)c1cccc(Cl)c1. The van der Waals surface area contributed by atoms with E-state index >= 15 is 0 Å². The molecule has 0 amide bonds. The minimum Gasteiger partial charge on any atom is -0.330 e. The van der Waals surface area contributed by atoms with Crippen LogP contribution in [0, 0.1) is 0 Å². The van der Waals surface area contributed by atoms with E-state index in [4.69, 9.17) is 28.9 Å². The van der Waals surface area contributed by atoms with Gasteiger partial charge < -0.3 is 5.73 Å². The van der Waals surface area contributed by atoms with Gasteiger partial charge in [0.25, 0.3) is 0 Å². The van der Waals surface area contributed by atoms with Crippen LogP contribution in [0.1, 0.15) is 17.0 Å². The molecule has 0 saturated carbocycles. The molecule has 1 unspecified atom stereocenters. The summed E-state index contributed by atoms with van der Waals surface area (Å²) in [5.74, 6) is 0.266. The lowest BCUT2D eigenvalue weighted by atomic mass is 9.92. The van der Waals surface area contributed by atoms with Crippen LogP contribution in [0.3, 0.4) is 0 Å². The standard InChI is InChI=1S/C15H15Cl2N/c16-14-5-1-3-11(8-14)7-13(10-18)12-4-2-6-15(17)9-12/h1-6,8-9,13H,7,10,18H2. The minimum absolute atomic E-state index is 0.266. The first-order valence-corrected chi connectivity index (χ1v) is 6.64. The molecule has 0 bridgehead atoms. The van der Waals surface area contributed by atoms with Gasteiger partial charge in [0.1, 0.15) is 0 Å². The molecule has 1 nitrogen and oxygen atoms in total. The van der Waals surface area contributed by atoms with Crippen molar-refractivity contribution < 1.29 is 0 Å². The van der Waals surface area contributed by atoms with Gasteiger partial charge in [0.2, 0.25) is 0 Å². The highest BCUT2D eigenvalue weighted by Gasteiger charge is 2.11. The normalized spacial score (nSPS) is 12.4. The molecule has 0 radical (unpaired) electrons. The molecule has 2 aromatic rings. The highest BCUT2D eigenvalue weighted by atomic mass is 35.5. The molecular formula is C15H15Cl2N. The third kappa shape index (κ3) is 3.49. The largest absolute Gasteiger partial charge is 0.330 e. The van der Waals surface area contributed by atoms with Crippen molar-refractivity contribution in [3.8, 4) is 0 Å². The smallest absolute Gasteiger partial charge is 0.0408 e. The zero-order valence-electron chi connectivity index (χ0n) is 9.94. The first kappa shape index (κ1) is 13.4. The molecule has 2 N–H and O–H groups in total. The molecule has 0 fully saturated rings. The number of rotatable bonds is 4. The quantitative estimate of drug-likeness (QED) is 0.888. The summed E-state index contributed by atoms with van der Waals surface area (Å²) in [4.78, 5) is 0. The number of benzene rings is 2. The summed E-state index contributed by atoms with van der Waals surface area (Å²) in [6, 6.07) is 15.8. The Morgan fingerprint density at radius 1 is 0.944 bits per heavy atom. The lowest BCUT2D eigenvalue weighted by molar-refractivity contribution is 0.694.